The number of aromatic nitrogens is 2. The number of aldehydes is 1. The summed E-state index contributed by atoms with van der Waals surface area (Å²) in [5.41, 5.74) is 0.509. The van der Waals surface area contributed by atoms with E-state index in [2.05, 4.69) is 20.2 Å². The number of nitrogens with zero attached hydrogens (tertiary/aromatic N) is 3. The standard InChI is InChI=1S/C25H25ClF2N4O4/c1-34-11-12-35-21-14-20-17(13-22(21)36-16-5-8-32(9-6-16)7-2-10-33)25(30-15-29-20)31-19-4-3-18(27)23(26)24(19)28/h2-4,7,10,13-16H,5-6,8-9,11-12H2,1H3,(H,29,30,31). The number of rotatable bonds is 10. The second-order valence-electron chi connectivity index (χ2n) is 8.06. The zero-order valence-corrected chi connectivity index (χ0v) is 20.3. The first-order valence-corrected chi connectivity index (χ1v) is 11.7. The van der Waals surface area contributed by atoms with Gasteiger partial charge in [0.05, 0.1) is 17.8 Å². The lowest BCUT2D eigenvalue weighted by Gasteiger charge is -2.31. The van der Waals surface area contributed by atoms with E-state index < -0.39 is 16.7 Å². The molecule has 1 N–H and O–H groups in total. The van der Waals surface area contributed by atoms with Crippen molar-refractivity contribution in [2.45, 2.75) is 18.9 Å². The largest absolute Gasteiger partial charge is 0.487 e. The molecule has 4 rings (SSSR count). The van der Waals surface area contributed by atoms with Gasteiger partial charge in [-0.1, -0.05) is 11.6 Å². The Morgan fingerprint density at radius 3 is 2.72 bits per heavy atom. The van der Waals surface area contributed by atoms with Crippen molar-refractivity contribution in [1.82, 2.24) is 14.9 Å². The van der Waals surface area contributed by atoms with Gasteiger partial charge >= 0.3 is 0 Å². The van der Waals surface area contributed by atoms with Crippen LogP contribution in [0.25, 0.3) is 10.9 Å². The fraction of sp³-hybridized carbons (Fsp3) is 0.320. The molecule has 0 aliphatic carbocycles. The summed E-state index contributed by atoms with van der Waals surface area (Å²) >= 11 is 5.73. The number of allylic oxidation sites excluding steroid dienone is 1. The molecule has 3 aromatic rings. The molecule has 1 aromatic heterocycles. The van der Waals surface area contributed by atoms with Crippen molar-refractivity contribution in [2.24, 2.45) is 0 Å². The van der Waals surface area contributed by atoms with E-state index in [-0.39, 0.29) is 11.8 Å². The smallest absolute Gasteiger partial charge is 0.168 e. The van der Waals surface area contributed by atoms with Crippen LogP contribution >= 0.6 is 11.6 Å². The molecule has 36 heavy (non-hydrogen) atoms. The molecular formula is C25H25ClF2N4O4. The highest BCUT2D eigenvalue weighted by atomic mass is 35.5. The summed E-state index contributed by atoms with van der Waals surface area (Å²) in [7, 11) is 1.58. The van der Waals surface area contributed by atoms with Crippen LogP contribution in [0, 0.1) is 11.6 Å². The van der Waals surface area contributed by atoms with E-state index in [1.54, 1.807) is 25.4 Å². The molecule has 0 spiro atoms. The van der Waals surface area contributed by atoms with Crippen molar-refractivity contribution in [1.29, 1.82) is 0 Å². The molecule has 0 atom stereocenters. The molecule has 1 saturated heterocycles. The van der Waals surface area contributed by atoms with Crippen LogP contribution in [0.3, 0.4) is 0 Å². The summed E-state index contributed by atoms with van der Waals surface area (Å²) in [5.74, 6) is -0.508. The Bertz CT molecular complexity index is 1250. The fourth-order valence-electron chi connectivity index (χ4n) is 3.83. The SMILES string of the molecule is COCCOc1cc2ncnc(Nc3ccc(F)c(Cl)c3F)c2cc1OC1CCN(C=CC=O)CC1. The predicted octanol–water partition coefficient (Wildman–Crippen LogP) is 4.89. The molecule has 11 heteroatoms. The molecule has 2 heterocycles. The highest BCUT2D eigenvalue weighted by molar-refractivity contribution is 6.31. The molecule has 0 amide bonds. The number of nitrogens with one attached hydrogen (secondary N) is 1. The summed E-state index contributed by atoms with van der Waals surface area (Å²) in [4.78, 5) is 21.2. The zero-order chi connectivity index (χ0) is 25.5. The van der Waals surface area contributed by atoms with Gasteiger partial charge in [0.2, 0.25) is 0 Å². The number of likely N-dealkylation sites (tertiary alicyclic amines) is 1. The topological polar surface area (TPSA) is 85.8 Å². The number of halogens is 3. The summed E-state index contributed by atoms with van der Waals surface area (Å²) in [6.45, 7) is 2.18. The second-order valence-corrected chi connectivity index (χ2v) is 8.44. The van der Waals surface area contributed by atoms with E-state index in [0.717, 1.165) is 38.3 Å². The number of piperidine rings is 1. The molecule has 0 radical (unpaired) electrons. The van der Waals surface area contributed by atoms with Gasteiger partial charge in [0.15, 0.2) is 17.3 Å². The Balaban J connectivity index is 1.63. The van der Waals surface area contributed by atoms with Gasteiger partial charge in [0.1, 0.15) is 42.0 Å². The van der Waals surface area contributed by atoms with E-state index in [1.165, 1.54) is 18.5 Å². The first kappa shape index (κ1) is 25.6. The number of carbonyl (C=O) groups excluding carboxylic acids is 1. The maximum Gasteiger partial charge on any atom is 0.168 e. The minimum Gasteiger partial charge on any atom is -0.487 e. The van der Waals surface area contributed by atoms with Crippen LogP contribution in [0.15, 0.2) is 42.9 Å². The molecule has 1 fully saturated rings. The van der Waals surface area contributed by atoms with Crippen LogP contribution < -0.4 is 14.8 Å². The van der Waals surface area contributed by atoms with Gasteiger partial charge in [-0.2, -0.15) is 0 Å². The molecular weight excluding hydrogens is 494 g/mol. The first-order chi connectivity index (χ1) is 17.5. The third-order valence-electron chi connectivity index (χ3n) is 5.68. The Morgan fingerprint density at radius 1 is 1.17 bits per heavy atom. The van der Waals surface area contributed by atoms with E-state index in [9.17, 15) is 13.6 Å². The van der Waals surface area contributed by atoms with E-state index >= 15 is 0 Å². The lowest BCUT2D eigenvalue weighted by molar-refractivity contribution is -0.104. The summed E-state index contributed by atoms with van der Waals surface area (Å²) < 4.78 is 45.4. The third kappa shape index (κ3) is 6.00. The Morgan fingerprint density at radius 2 is 1.97 bits per heavy atom. The molecule has 0 unspecified atom stereocenters. The van der Waals surface area contributed by atoms with Gasteiger partial charge in [0.25, 0.3) is 0 Å². The summed E-state index contributed by atoms with van der Waals surface area (Å²) in [6, 6.07) is 5.78. The van der Waals surface area contributed by atoms with Gasteiger partial charge in [-0.15, -0.1) is 0 Å². The molecule has 0 saturated carbocycles. The maximum absolute atomic E-state index is 14.5. The number of hydrogen-bond donors (Lipinski definition) is 1. The Hall–Kier alpha value is -3.50. The second kappa shape index (κ2) is 12.0. The number of anilines is 2. The van der Waals surface area contributed by atoms with Gasteiger partial charge in [-0.25, -0.2) is 18.7 Å². The van der Waals surface area contributed by atoms with Crippen LogP contribution in [-0.4, -0.2) is 60.7 Å². The number of hydrogen-bond acceptors (Lipinski definition) is 8. The number of methoxy groups -OCH3 is 1. The lowest BCUT2D eigenvalue weighted by Crippen LogP contribution is -2.35. The highest BCUT2D eigenvalue weighted by Crippen LogP contribution is 2.37. The van der Waals surface area contributed by atoms with Gasteiger partial charge in [-0.3, -0.25) is 4.79 Å². The summed E-state index contributed by atoms with van der Waals surface area (Å²) in [6.07, 6.45) is 6.73. The summed E-state index contributed by atoms with van der Waals surface area (Å²) in [5, 5.41) is 2.82. The monoisotopic (exact) mass is 518 g/mol. The average Bonchev–Trinajstić information content (AvgIpc) is 2.89. The van der Waals surface area contributed by atoms with Crippen molar-refractivity contribution in [3.8, 4) is 11.5 Å². The number of fused-ring (bicyclic) bond motifs is 1. The van der Waals surface area contributed by atoms with Crippen LogP contribution in [0.2, 0.25) is 5.02 Å². The minimum atomic E-state index is -0.921. The van der Waals surface area contributed by atoms with Crippen molar-refractivity contribution in [2.75, 3.05) is 38.7 Å². The average molecular weight is 519 g/mol. The zero-order valence-electron chi connectivity index (χ0n) is 19.5. The maximum atomic E-state index is 14.5. The number of benzene rings is 2. The Labute approximate surface area is 211 Å². The first-order valence-electron chi connectivity index (χ1n) is 11.3. The van der Waals surface area contributed by atoms with Crippen molar-refractivity contribution >= 4 is 40.3 Å². The van der Waals surface area contributed by atoms with Gasteiger partial charge in [-0.05, 0) is 24.3 Å². The van der Waals surface area contributed by atoms with E-state index in [1.807, 2.05) is 0 Å². The highest BCUT2D eigenvalue weighted by Gasteiger charge is 2.22. The molecule has 0 bridgehead atoms. The van der Waals surface area contributed by atoms with Gasteiger partial charge in [0, 0.05) is 50.7 Å². The number of carbonyl (C=O) groups is 1. The number of ether oxygens (including phenoxy) is 3. The lowest BCUT2D eigenvalue weighted by atomic mass is 10.1. The van der Waals surface area contributed by atoms with Crippen LogP contribution in [-0.2, 0) is 9.53 Å². The van der Waals surface area contributed by atoms with E-state index in [4.69, 9.17) is 25.8 Å². The van der Waals surface area contributed by atoms with Crippen LogP contribution in [0.4, 0.5) is 20.3 Å². The van der Waals surface area contributed by atoms with E-state index in [0.29, 0.717) is 41.4 Å². The molecule has 8 nitrogen and oxygen atoms in total. The predicted molar refractivity (Wildman–Crippen MR) is 132 cm³/mol. The Kier molecular flexibility index (Phi) is 8.50. The van der Waals surface area contributed by atoms with Crippen molar-refractivity contribution in [3.05, 3.63) is 59.5 Å². The quantitative estimate of drug-likeness (QED) is 0.176. The van der Waals surface area contributed by atoms with Crippen molar-refractivity contribution in [3.63, 3.8) is 0 Å². The normalized spacial score (nSPS) is 14.4. The molecule has 1 aliphatic rings. The molecule has 1 aliphatic heterocycles. The molecule has 2 aromatic carbocycles. The van der Waals surface area contributed by atoms with Gasteiger partial charge < -0.3 is 24.4 Å². The minimum absolute atomic E-state index is 0.0277. The van der Waals surface area contributed by atoms with Crippen LogP contribution in [0.1, 0.15) is 12.8 Å². The van der Waals surface area contributed by atoms with Crippen LogP contribution in [0.5, 0.6) is 11.5 Å². The third-order valence-corrected chi connectivity index (χ3v) is 6.03. The van der Waals surface area contributed by atoms with Crippen molar-refractivity contribution < 1.29 is 27.8 Å². The fourth-order valence-corrected chi connectivity index (χ4v) is 4.00. The molecule has 190 valence electrons.